The fraction of sp³-hybridized carbons (Fsp3) is 0.105. The zero-order valence-electron chi connectivity index (χ0n) is 14.3. The second-order valence-electron chi connectivity index (χ2n) is 6.08. The molecule has 0 N–H and O–H groups in total. The van der Waals surface area contributed by atoms with Crippen LogP contribution in [-0.4, -0.2) is 18.7 Å². The molecule has 0 saturated carbocycles. The van der Waals surface area contributed by atoms with Gasteiger partial charge < -0.3 is 0 Å². The van der Waals surface area contributed by atoms with Crippen molar-refractivity contribution >= 4 is 28.8 Å². The SMILES string of the molecule is Cc1c(Cl)cccc1-n1ccn2c(=O)n(Cc3ccccc3Cl)nc2c1=O. The van der Waals surface area contributed by atoms with Gasteiger partial charge >= 0.3 is 11.2 Å². The molecule has 0 bridgehead atoms. The Balaban J connectivity index is 1.88. The molecule has 0 fully saturated rings. The third kappa shape index (κ3) is 2.97. The second-order valence-corrected chi connectivity index (χ2v) is 6.90. The van der Waals surface area contributed by atoms with E-state index in [2.05, 4.69) is 5.10 Å². The van der Waals surface area contributed by atoms with E-state index in [0.717, 1.165) is 11.1 Å². The molecule has 8 heteroatoms. The molecule has 0 radical (unpaired) electrons. The maximum atomic E-state index is 12.9. The van der Waals surface area contributed by atoms with Crippen molar-refractivity contribution < 1.29 is 0 Å². The fourth-order valence-electron chi connectivity index (χ4n) is 2.95. The van der Waals surface area contributed by atoms with Gasteiger partial charge in [-0.25, -0.2) is 13.9 Å². The average molecular weight is 401 g/mol. The summed E-state index contributed by atoms with van der Waals surface area (Å²) in [6.45, 7) is 2.01. The number of nitrogens with zero attached hydrogens (tertiary/aromatic N) is 4. The molecular formula is C19H14Cl2N4O2. The summed E-state index contributed by atoms with van der Waals surface area (Å²) in [6, 6.07) is 12.5. The van der Waals surface area contributed by atoms with Crippen molar-refractivity contribution in [3.8, 4) is 5.69 Å². The lowest BCUT2D eigenvalue weighted by atomic mass is 10.2. The first-order valence-electron chi connectivity index (χ1n) is 8.17. The maximum Gasteiger partial charge on any atom is 0.350 e. The number of hydrogen-bond donors (Lipinski definition) is 0. The highest BCUT2D eigenvalue weighted by molar-refractivity contribution is 6.31. The topological polar surface area (TPSA) is 61.3 Å². The number of aromatic nitrogens is 4. The Morgan fingerprint density at radius 2 is 1.70 bits per heavy atom. The molecule has 0 aliphatic rings. The Morgan fingerprint density at radius 3 is 2.48 bits per heavy atom. The van der Waals surface area contributed by atoms with Crippen LogP contribution in [0.2, 0.25) is 10.0 Å². The van der Waals surface area contributed by atoms with Crippen LogP contribution < -0.4 is 11.2 Å². The molecule has 27 heavy (non-hydrogen) atoms. The molecule has 0 amide bonds. The Bertz CT molecular complexity index is 1290. The molecule has 4 rings (SSSR count). The van der Waals surface area contributed by atoms with Crippen LogP contribution in [0.1, 0.15) is 11.1 Å². The maximum absolute atomic E-state index is 12.9. The first kappa shape index (κ1) is 17.6. The first-order chi connectivity index (χ1) is 13.0. The predicted octanol–water partition coefficient (Wildman–Crippen LogP) is 3.31. The Morgan fingerprint density at radius 1 is 0.963 bits per heavy atom. The molecule has 2 heterocycles. The summed E-state index contributed by atoms with van der Waals surface area (Å²) in [4.78, 5) is 25.6. The van der Waals surface area contributed by atoms with Gasteiger partial charge in [-0.1, -0.05) is 47.5 Å². The molecule has 0 unspecified atom stereocenters. The van der Waals surface area contributed by atoms with Gasteiger partial charge in [0.1, 0.15) is 0 Å². The minimum Gasteiger partial charge on any atom is -0.279 e. The molecule has 0 spiro atoms. The third-order valence-electron chi connectivity index (χ3n) is 4.42. The summed E-state index contributed by atoms with van der Waals surface area (Å²) in [7, 11) is 0. The first-order valence-corrected chi connectivity index (χ1v) is 8.92. The van der Waals surface area contributed by atoms with Gasteiger partial charge in [-0.05, 0) is 36.2 Å². The molecule has 0 saturated heterocycles. The van der Waals surface area contributed by atoms with Gasteiger partial charge in [0.15, 0.2) is 0 Å². The zero-order valence-corrected chi connectivity index (χ0v) is 15.8. The van der Waals surface area contributed by atoms with E-state index in [9.17, 15) is 9.59 Å². The quantitative estimate of drug-likeness (QED) is 0.529. The van der Waals surface area contributed by atoms with Crippen LogP contribution in [0.15, 0.2) is 64.4 Å². The van der Waals surface area contributed by atoms with Crippen LogP contribution in [-0.2, 0) is 6.54 Å². The lowest BCUT2D eigenvalue weighted by Crippen LogP contribution is -2.24. The smallest absolute Gasteiger partial charge is 0.279 e. The highest BCUT2D eigenvalue weighted by atomic mass is 35.5. The van der Waals surface area contributed by atoms with E-state index in [0.29, 0.717) is 15.7 Å². The number of hydrogen-bond acceptors (Lipinski definition) is 3. The van der Waals surface area contributed by atoms with E-state index in [1.165, 1.54) is 26.0 Å². The molecule has 4 aromatic rings. The van der Waals surface area contributed by atoms with Crippen molar-refractivity contribution in [2.75, 3.05) is 0 Å². The highest BCUT2D eigenvalue weighted by Crippen LogP contribution is 2.21. The predicted molar refractivity (Wildman–Crippen MR) is 105 cm³/mol. The third-order valence-corrected chi connectivity index (χ3v) is 5.20. The van der Waals surface area contributed by atoms with Crippen molar-refractivity contribution in [1.29, 1.82) is 0 Å². The molecule has 136 valence electrons. The number of halogens is 2. The summed E-state index contributed by atoms with van der Waals surface area (Å²) in [5.41, 5.74) is 1.38. The van der Waals surface area contributed by atoms with Gasteiger partial charge in [0.05, 0.1) is 12.2 Å². The monoisotopic (exact) mass is 400 g/mol. The molecular weight excluding hydrogens is 387 g/mol. The Kier molecular flexibility index (Phi) is 4.37. The standard InChI is InChI=1S/C19H14Cl2N4O2/c1-12-14(20)7-4-8-16(12)23-9-10-24-17(18(23)26)22-25(19(24)27)11-13-5-2-3-6-15(13)21/h2-10H,11H2,1H3. The van der Waals surface area contributed by atoms with E-state index < -0.39 is 11.2 Å². The molecule has 2 aromatic carbocycles. The summed E-state index contributed by atoms with van der Waals surface area (Å²) in [6.07, 6.45) is 3.06. The van der Waals surface area contributed by atoms with Gasteiger partial charge in [0.25, 0.3) is 0 Å². The molecule has 0 aliphatic heterocycles. The van der Waals surface area contributed by atoms with Crippen molar-refractivity contribution in [2.24, 2.45) is 0 Å². The highest BCUT2D eigenvalue weighted by Gasteiger charge is 2.15. The minimum atomic E-state index is -0.406. The van der Waals surface area contributed by atoms with Crippen molar-refractivity contribution in [3.63, 3.8) is 0 Å². The van der Waals surface area contributed by atoms with Gasteiger partial charge in [0.2, 0.25) is 5.65 Å². The molecule has 2 aromatic heterocycles. The largest absolute Gasteiger partial charge is 0.350 e. The second kappa shape index (κ2) is 6.72. The van der Waals surface area contributed by atoms with Crippen molar-refractivity contribution in [3.05, 3.63) is 96.9 Å². The van der Waals surface area contributed by atoms with Crippen LogP contribution in [0.4, 0.5) is 0 Å². The number of rotatable bonds is 3. The van der Waals surface area contributed by atoms with E-state index in [1.54, 1.807) is 24.3 Å². The fourth-order valence-corrected chi connectivity index (χ4v) is 3.31. The van der Waals surface area contributed by atoms with Crippen LogP contribution in [0, 0.1) is 6.92 Å². The van der Waals surface area contributed by atoms with E-state index in [-0.39, 0.29) is 12.2 Å². The molecule has 6 nitrogen and oxygen atoms in total. The summed E-state index contributed by atoms with van der Waals surface area (Å²) >= 11 is 12.3. The van der Waals surface area contributed by atoms with Crippen LogP contribution in [0.25, 0.3) is 11.3 Å². The Labute approximate surface area is 163 Å². The van der Waals surface area contributed by atoms with Crippen molar-refractivity contribution in [1.82, 2.24) is 18.7 Å². The van der Waals surface area contributed by atoms with E-state index in [4.69, 9.17) is 23.2 Å². The minimum absolute atomic E-state index is 0.0360. The van der Waals surface area contributed by atoms with Gasteiger partial charge in [-0.15, -0.1) is 5.10 Å². The Hall–Kier alpha value is -2.83. The number of fused-ring (bicyclic) bond motifs is 1. The molecule has 0 atom stereocenters. The van der Waals surface area contributed by atoms with Crippen molar-refractivity contribution in [2.45, 2.75) is 13.5 Å². The van der Waals surface area contributed by atoms with E-state index >= 15 is 0 Å². The lowest BCUT2D eigenvalue weighted by Gasteiger charge is -2.09. The normalized spacial score (nSPS) is 11.2. The average Bonchev–Trinajstić information content (AvgIpc) is 2.97. The van der Waals surface area contributed by atoms with E-state index in [1.807, 2.05) is 25.1 Å². The lowest BCUT2D eigenvalue weighted by molar-refractivity contribution is 0.658. The summed E-state index contributed by atoms with van der Waals surface area (Å²) in [5, 5.41) is 5.32. The van der Waals surface area contributed by atoms with Crippen LogP contribution in [0.3, 0.4) is 0 Å². The molecule has 0 aliphatic carbocycles. The summed E-state index contributed by atoms with van der Waals surface area (Å²) < 4.78 is 3.89. The van der Waals surface area contributed by atoms with Gasteiger partial charge in [-0.2, -0.15) is 0 Å². The van der Waals surface area contributed by atoms with Gasteiger partial charge in [-0.3, -0.25) is 9.36 Å². The number of benzene rings is 2. The zero-order chi connectivity index (χ0) is 19.1. The van der Waals surface area contributed by atoms with Crippen LogP contribution >= 0.6 is 23.2 Å². The van der Waals surface area contributed by atoms with Gasteiger partial charge in [0, 0.05) is 22.4 Å². The summed E-state index contributed by atoms with van der Waals surface area (Å²) in [5.74, 6) is 0. The van der Waals surface area contributed by atoms with Crippen LogP contribution in [0.5, 0.6) is 0 Å².